The first-order valence-corrected chi connectivity index (χ1v) is 7.05. The minimum atomic E-state index is 0.205. The van der Waals surface area contributed by atoms with E-state index in [1.54, 1.807) is 17.6 Å². The van der Waals surface area contributed by atoms with Gasteiger partial charge in [0.1, 0.15) is 5.76 Å². The van der Waals surface area contributed by atoms with E-state index in [1.807, 2.05) is 34.5 Å². The van der Waals surface area contributed by atoms with Gasteiger partial charge in [-0.3, -0.25) is 4.79 Å². The monoisotopic (exact) mass is 261 g/mol. The van der Waals surface area contributed by atoms with Gasteiger partial charge in [-0.05, 0) is 36.4 Å². The van der Waals surface area contributed by atoms with E-state index in [9.17, 15) is 4.79 Å². The van der Waals surface area contributed by atoms with E-state index in [2.05, 4.69) is 0 Å². The van der Waals surface area contributed by atoms with Crippen LogP contribution in [0.15, 0.2) is 40.3 Å². The molecule has 1 aliphatic carbocycles. The van der Waals surface area contributed by atoms with E-state index in [-0.39, 0.29) is 5.91 Å². The molecule has 0 saturated heterocycles. The van der Waals surface area contributed by atoms with Gasteiger partial charge in [-0.15, -0.1) is 11.3 Å². The number of nitrogens with zero attached hydrogens (tertiary/aromatic N) is 1. The molecule has 2 heterocycles. The third kappa shape index (κ3) is 2.64. The molecule has 94 valence electrons. The molecule has 0 bridgehead atoms. The molecule has 0 aliphatic heterocycles. The quantitative estimate of drug-likeness (QED) is 0.828. The maximum Gasteiger partial charge on any atom is 0.228 e. The predicted molar refractivity (Wildman–Crippen MR) is 70.3 cm³/mol. The molecule has 0 N–H and O–H groups in total. The maximum atomic E-state index is 12.3. The van der Waals surface area contributed by atoms with E-state index >= 15 is 0 Å². The molecule has 18 heavy (non-hydrogen) atoms. The van der Waals surface area contributed by atoms with Gasteiger partial charge in [0.25, 0.3) is 0 Å². The highest BCUT2D eigenvalue weighted by molar-refractivity contribution is 7.10. The lowest BCUT2D eigenvalue weighted by Gasteiger charge is -2.21. The molecule has 1 fully saturated rings. The van der Waals surface area contributed by atoms with Crippen LogP contribution in [0.1, 0.15) is 23.5 Å². The second-order valence-corrected chi connectivity index (χ2v) is 5.62. The molecule has 0 aromatic carbocycles. The van der Waals surface area contributed by atoms with Gasteiger partial charge < -0.3 is 9.32 Å². The Bertz CT molecular complexity index is 500. The number of hydrogen-bond acceptors (Lipinski definition) is 3. The van der Waals surface area contributed by atoms with Crippen LogP contribution in [0.2, 0.25) is 0 Å². The predicted octanol–water partition coefficient (Wildman–Crippen LogP) is 3.07. The average molecular weight is 261 g/mol. The van der Waals surface area contributed by atoms with Crippen molar-refractivity contribution in [1.29, 1.82) is 0 Å². The van der Waals surface area contributed by atoms with Crippen molar-refractivity contribution in [3.05, 3.63) is 46.5 Å². The molecule has 2 aromatic rings. The second-order valence-electron chi connectivity index (χ2n) is 4.59. The van der Waals surface area contributed by atoms with Crippen LogP contribution in [0.3, 0.4) is 0 Å². The standard InChI is InChI=1S/C14H15NO2S/c16-14(9-13-4-2-8-18-13)15(11-5-6-11)10-12-3-1-7-17-12/h1-4,7-8,11H,5-6,9-10H2. The summed E-state index contributed by atoms with van der Waals surface area (Å²) in [6.07, 6.45) is 4.41. The summed E-state index contributed by atoms with van der Waals surface area (Å²) in [7, 11) is 0. The summed E-state index contributed by atoms with van der Waals surface area (Å²) in [6, 6.07) is 8.21. The van der Waals surface area contributed by atoms with Crippen molar-refractivity contribution in [1.82, 2.24) is 4.90 Å². The summed E-state index contributed by atoms with van der Waals surface area (Å²) >= 11 is 1.64. The smallest absolute Gasteiger partial charge is 0.228 e. The Labute approximate surface area is 110 Å². The van der Waals surface area contributed by atoms with Crippen LogP contribution in [0.25, 0.3) is 0 Å². The molecule has 4 heteroatoms. The summed E-state index contributed by atoms with van der Waals surface area (Å²) in [6.45, 7) is 0.599. The summed E-state index contributed by atoms with van der Waals surface area (Å²) in [4.78, 5) is 15.4. The molecule has 0 spiro atoms. The molecule has 3 rings (SSSR count). The van der Waals surface area contributed by atoms with Crippen LogP contribution < -0.4 is 0 Å². The molecule has 0 radical (unpaired) electrons. The van der Waals surface area contributed by atoms with E-state index in [0.29, 0.717) is 19.0 Å². The van der Waals surface area contributed by atoms with Crippen LogP contribution in [0.4, 0.5) is 0 Å². The number of rotatable bonds is 5. The van der Waals surface area contributed by atoms with Crippen molar-refractivity contribution in [2.75, 3.05) is 0 Å². The molecular formula is C14H15NO2S. The first-order chi connectivity index (χ1) is 8.83. The lowest BCUT2D eigenvalue weighted by atomic mass is 10.3. The number of amides is 1. The lowest BCUT2D eigenvalue weighted by Crippen LogP contribution is -2.33. The van der Waals surface area contributed by atoms with Crippen molar-refractivity contribution in [3.63, 3.8) is 0 Å². The number of thiophene rings is 1. The normalized spacial score (nSPS) is 14.7. The van der Waals surface area contributed by atoms with Crippen LogP contribution >= 0.6 is 11.3 Å². The Morgan fingerprint density at radius 2 is 2.28 bits per heavy atom. The number of furan rings is 1. The van der Waals surface area contributed by atoms with Gasteiger partial charge in [0.2, 0.25) is 5.91 Å². The molecule has 3 nitrogen and oxygen atoms in total. The minimum absolute atomic E-state index is 0.205. The summed E-state index contributed by atoms with van der Waals surface area (Å²) < 4.78 is 5.34. The Morgan fingerprint density at radius 1 is 1.39 bits per heavy atom. The fourth-order valence-electron chi connectivity index (χ4n) is 2.04. The van der Waals surface area contributed by atoms with E-state index in [4.69, 9.17) is 4.42 Å². The number of hydrogen-bond donors (Lipinski definition) is 0. The van der Waals surface area contributed by atoms with Crippen molar-refractivity contribution < 1.29 is 9.21 Å². The Kier molecular flexibility index (Phi) is 3.19. The van der Waals surface area contributed by atoms with E-state index < -0.39 is 0 Å². The zero-order chi connectivity index (χ0) is 12.4. The fraction of sp³-hybridized carbons (Fsp3) is 0.357. The maximum absolute atomic E-state index is 12.3. The molecule has 0 unspecified atom stereocenters. The summed E-state index contributed by atoms with van der Waals surface area (Å²) in [5, 5.41) is 2.01. The molecule has 1 saturated carbocycles. The van der Waals surface area contributed by atoms with Crippen molar-refractivity contribution in [3.8, 4) is 0 Å². The first kappa shape index (κ1) is 11.5. The van der Waals surface area contributed by atoms with E-state index in [0.717, 1.165) is 23.5 Å². The second kappa shape index (κ2) is 4.98. The molecular weight excluding hydrogens is 246 g/mol. The number of carbonyl (C=O) groups excluding carboxylic acids is 1. The van der Waals surface area contributed by atoms with Crippen LogP contribution in [-0.4, -0.2) is 16.8 Å². The first-order valence-electron chi connectivity index (χ1n) is 6.17. The molecule has 1 aliphatic rings. The van der Waals surface area contributed by atoms with Crippen LogP contribution in [0.5, 0.6) is 0 Å². The zero-order valence-corrected chi connectivity index (χ0v) is 10.9. The van der Waals surface area contributed by atoms with Gasteiger partial charge in [-0.2, -0.15) is 0 Å². The average Bonchev–Trinajstić information content (AvgIpc) is 2.87. The van der Waals surface area contributed by atoms with Crippen LogP contribution in [0, 0.1) is 0 Å². The van der Waals surface area contributed by atoms with Crippen molar-refractivity contribution >= 4 is 17.2 Å². The van der Waals surface area contributed by atoms with Gasteiger partial charge in [-0.1, -0.05) is 6.07 Å². The highest BCUT2D eigenvalue weighted by atomic mass is 32.1. The van der Waals surface area contributed by atoms with Crippen molar-refractivity contribution in [2.24, 2.45) is 0 Å². The summed E-state index contributed by atoms with van der Waals surface area (Å²) in [5.41, 5.74) is 0. The largest absolute Gasteiger partial charge is 0.467 e. The summed E-state index contributed by atoms with van der Waals surface area (Å²) in [5.74, 6) is 1.07. The highest BCUT2D eigenvalue weighted by Crippen LogP contribution is 2.29. The van der Waals surface area contributed by atoms with Gasteiger partial charge in [0.05, 0.1) is 19.2 Å². The lowest BCUT2D eigenvalue weighted by molar-refractivity contribution is -0.131. The molecule has 1 amide bonds. The molecule has 2 aromatic heterocycles. The third-order valence-electron chi connectivity index (χ3n) is 3.12. The third-order valence-corrected chi connectivity index (χ3v) is 4.00. The van der Waals surface area contributed by atoms with Gasteiger partial charge in [-0.25, -0.2) is 0 Å². The van der Waals surface area contributed by atoms with Gasteiger partial charge in [0, 0.05) is 10.9 Å². The number of carbonyl (C=O) groups is 1. The fourth-order valence-corrected chi connectivity index (χ4v) is 2.74. The Hall–Kier alpha value is -1.55. The van der Waals surface area contributed by atoms with E-state index in [1.165, 1.54) is 0 Å². The zero-order valence-electron chi connectivity index (χ0n) is 10.0. The van der Waals surface area contributed by atoms with Crippen LogP contribution in [-0.2, 0) is 17.8 Å². The Morgan fingerprint density at radius 3 is 2.89 bits per heavy atom. The highest BCUT2D eigenvalue weighted by Gasteiger charge is 2.32. The minimum Gasteiger partial charge on any atom is -0.467 e. The Balaban J connectivity index is 1.67. The van der Waals surface area contributed by atoms with Crippen molar-refractivity contribution in [2.45, 2.75) is 31.8 Å². The van der Waals surface area contributed by atoms with Gasteiger partial charge in [0.15, 0.2) is 0 Å². The topological polar surface area (TPSA) is 33.5 Å². The molecule has 0 atom stereocenters. The van der Waals surface area contributed by atoms with Gasteiger partial charge >= 0.3 is 0 Å². The SMILES string of the molecule is O=C(Cc1cccs1)N(Cc1ccco1)C1CC1.